The molecule has 0 aromatic rings. The Bertz CT molecular complexity index is 159. The first-order valence-corrected chi connectivity index (χ1v) is 12.6. The number of rotatable bonds is 6. The quantitative estimate of drug-likeness (QED) is 0.626. The highest BCUT2D eigenvalue weighted by molar-refractivity contribution is 6.92. The lowest BCUT2D eigenvalue weighted by atomic mass is 10.2. The summed E-state index contributed by atoms with van der Waals surface area (Å²) in [7, 11) is -2.28. The fourth-order valence-electron chi connectivity index (χ4n) is 1.90. The molecule has 86 valence electrons. The summed E-state index contributed by atoms with van der Waals surface area (Å²) in [6, 6.07) is 0. The third-order valence-electron chi connectivity index (χ3n) is 2.14. The van der Waals surface area contributed by atoms with Crippen molar-refractivity contribution in [3.8, 4) is 0 Å². The Hall–Kier alpha value is 0.394. The second-order valence-electron chi connectivity index (χ2n) is 6.53. The van der Waals surface area contributed by atoms with Gasteiger partial charge in [-0.05, 0) is 31.1 Å². The summed E-state index contributed by atoms with van der Waals surface area (Å²) in [5.41, 5.74) is 1.39. The second kappa shape index (κ2) is 5.47. The highest BCUT2D eigenvalue weighted by Crippen LogP contribution is 2.20. The van der Waals surface area contributed by atoms with E-state index >= 15 is 0 Å². The first-order chi connectivity index (χ1) is 6.12. The van der Waals surface area contributed by atoms with Crippen LogP contribution in [0.15, 0.2) is 0 Å². The van der Waals surface area contributed by atoms with Gasteiger partial charge in [-0.15, -0.1) is 0 Å². The van der Waals surface area contributed by atoms with Crippen molar-refractivity contribution in [2.75, 3.05) is 6.61 Å². The largest absolute Gasteiger partial charge is 0.418 e. The van der Waals surface area contributed by atoms with Crippen LogP contribution in [0, 0.1) is 5.92 Å². The van der Waals surface area contributed by atoms with E-state index in [9.17, 15) is 0 Å². The van der Waals surface area contributed by atoms with Crippen molar-refractivity contribution in [1.82, 2.24) is 0 Å². The van der Waals surface area contributed by atoms with Gasteiger partial charge in [0.25, 0.3) is 0 Å². The van der Waals surface area contributed by atoms with Crippen LogP contribution in [0.5, 0.6) is 0 Å². The molecular formula is C11H28OSi2. The van der Waals surface area contributed by atoms with Crippen LogP contribution in [0.3, 0.4) is 0 Å². The zero-order valence-corrected chi connectivity index (χ0v) is 13.1. The van der Waals surface area contributed by atoms with Gasteiger partial charge in [-0.25, -0.2) is 0 Å². The van der Waals surface area contributed by atoms with Crippen LogP contribution >= 0.6 is 0 Å². The van der Waals surface area contributed by atoms with E-state index in [-0.39, 0.29) is 0 Å². The number of hydrogen-bond acceptors (Lipinski definition) is 1. The van der Waals surface area contributed by atoms with Gasteiger partial charge < -0.3 is 4.43 Å². The molecule has 0 bridgehead atoms. The average Bonchev–Trinajstić information content (AvgIpc) is 1.78. The van der Waals surface area contributed by atoms with Gasteiger partial charge in [0.2, 0.25) is 0 Å². The molecule has 0 saturated carbocycles. The lowest BCUT2D eigenvalue weighted by Crippen LogP contribution is -2.40. The topological polar surface area (TPSA) is 9.23 Å². The van der Waals surface area contributed by atoms with E-state index in [2.05, 4.69) is 46.6 Å². The molecule has 0 aliphatic carbocycles. The van der Waals surface area contributed by atoms with Crippen molar-refractivity contribution < 1.29 is 4.43 Å². The molecule has 0 aliphatic rings. The van der Waals surface area contributed by atoms with Gasteiger partial charge >= 0.3 is 0 Å². The van der Waals surface area contributed by atoms with Gasteiger partial charge in [0, 0.05) is 14.7 Å². The van der Waals surface area contributed by atoms with Crippen LogP contribution in [0.2, 0.25) is 38.4 Å². The summed E-state index contributed by atoms with van der Waals surface area (Å²) >= 11 is 0. The van der Waals surface area contributed by atoms with Crippen molar-refractivity contribution in [1.29, 1.82) is 0 Å². The smallest absolute Gasteiger partial charge is 0.184 e. The standard InChI is InChI=1S/C11H28OSi2/c1-11(2)8-9-12-14(6,7)10-13(3,4)5/h11H,8-10H2,1-7H3. The monoisotopic (exact) mass is 232 g/mol. The summed E-state index contributed by atoms with van der Waals surface area (Å²) in [5, 5.41) is 0. The zero-order chi connectivity index (χ0) is 11.4. The molecule has 0 spiro atoms. The molecule has 0 atom stereocenters. The Morgan fingerprint density at radius 2 is 1.50 bits per heavy atom. The first-order valence-electron chi connectivity index (χ1n) is 5.76. The molecule has 0 fully saturated rings. The van der Waals surface area contributed by atoms with Crippen molar-refractivity contribution in [2.45, 2.75) is 58.7 Å². The van der Waals surface area contributed by atoms with Crippen molar-refractivity contribution in [2.24, 2.45) is 5.92 Å². The molecule has 0 aliphatic heterocycles. The minimum atomic E-state index is -1.34. The van der Waals surface area contributed by atoms with E-state index in [0.29, 0.717) is 0 Å². The average molecular weight is 233 g/mol. The van der Waals surface area contributed by atoms with E-state index in [0.717, 1.165) is 12.5 Å². The maximum Gasteiger partial charge on any atom is 0.184 e. The van der Waals surface area contributed by atoms with Crippen LogP contribution in [0.4, 0.5) is 0 Å². The predicted octanol–water partition coefficient (Wildman–Crippen LogP) is 4.13. The van der Waals surface area contributed by atoms with E-state index in [4.69, 9.17) is 4.43 Å². The molecule has 3 heteroatoms. The molecule has 0 unspecified atom stereocenters. The minimum Gasteiger partial charge on any atom is -0.418 e. The Kier molecular flexibility index (Phi) is 5.62. The minimum absolute atomic E-state index is 0.770. The summed E-state index contributed by atoms with van der Waals surface area (Å²) in [6.45, 7) is 17.5. The third kappa shape index (κ3) is 8.97. The number of hydrogen-bond donors (Lipinski definition) is 0. The van der Waals surface area contributed by atoms with Gasteiger partial charge in [-0.2, -0.15) is 0 Å². The van der Waals surface area contributed by atoms with Crippen molar-refractivity contribution >= 4 is 16.4 Å². The van der Waals surface area contributed by atoms with Gasteiger partial charge in [-0.1, -0.05) is 33.5 Å². The Morgan fingerprint density at radius 1 is 1.00 bits per heavy atom. The van der Waals surface area contributed by atoms with E-state index in [1.54, 1.807) is 0 Å². The maximum absolute atomic E-state index is 6.09. The molecule has 0 heterocycles. The van der Waals surface area contributed by atoms with Gasteiger partial charge in [0.1, 0.15) is 0 Å². The molecule has 0 aromatic carbocycles. The van der Waals surface area contributed by atoms with Gasteiger partial charge in [0.05, 0.1) is 0 Å². The van der Waals surface area contributed by atoms with E-state index in [1.165, 1.54) is 12.1 Å². The van der Waals surface area contributed by atoms with Crippen LogP contribution < -0.4 is 0 Å². The highest BCUT2D eigenvalue weighted by atomic mass is 28.4. The highest BCUT2D eigenvalue weighted by Gasteiger charge is 2.29. The second-order valence-corrected chi connectivity index (χ2v) is 16.9. The SMILES string of the molecule is CC(C)CCO[Si](C)(C)C[Si](C)(C)C. The first kappa shape index (κ1) is 14.4. The Balaban J connectivity index is 3.84. The van der Waals surface area contributed by atoms with Crippen LogP contribution in [-0.4, -0.2) is 23.0 Å². The van der Waals surface area contributed by atoms with Crippen LogP contribution in [0.25, 0.3) is 0 Å². The van der Waals surface area contributed by atoms with Crippen LogP contribution in [-0.2, 0) is 4.43 Å². The van der Waals surface area contributed by atoms with Gasteiger partial charge in [-0.3, -0.25) is 0 Å². The molecular weight excluding hydrogens is 204 g/mol. The lowest BCUT2D eigenvalue weighted by Gasteiger charge is -2.29. The molecule has 0 rings (SSSR count). The summed E-state index contributed by atoms with van der Waals surface area (Å²) < 4.78 is 6.09. The zero-order valence-electron chi connectivity index (χ0n) is 11.1. The molecule has 14 heavy (non-hydrogen) atoms. The lowest BCUT2D eigenvalue weighted by molar-refractivity contribution is 0.282. The normalized spacial score (nSPS) is 13.7. The van der Waals surface area contributed by atoms with Crippen LogP contribution in [0.1, 0.15) is 20.3 Å². The molecule has 0 aromatic heterocycles. The fourth-order valence-corrected chi connectivity index (χ4v) is 13.2. The maximum atomic E-state index is 6.09. The van der Waals surface area contributed by atoms with Crippen molar-refractivity contribution in [3.05, 3.63) is 0 Å². The molecule has 1 nitrogen and oxygen atoms in total. The summed E-state index contributed by atoms with van der Waals surface area (Å²) in [5.74, 6) is 0.770. The molecule has 0 N–H and O–H groups in total. The summed E-state index contributed by atoms with van der Waals surface area (Å²) in [6.07, 6.45) is 1.21. The Morgan fingerprint density at radius 3 is 1.86 bits per heavy atom. The molecule has 0 saturated heterocycles. The predicted molar refractivity (Wildman–Crippen MR) is 71.0 cm³/mol. The Labute approximate surface area is 92.4 Å². The molecule has 0 amide bonds. The fraction of sp³-hybridized carbons (Fsp3) is 1.00. The summed E-state index contributed by atoms with van der Waals surface area (Å²) in [4.78, 5) is 0. The van der Waals surface area contributed by atoms with E-state index in [1.807, 2.05) is 0 Å². The van der Waals surface area contributed by atoms with Crippen molar-refractivity contribution in [3.63, 3.8) is 0 Å². The third-order valence-corrected chi connectivity index (χ3v) is 10.8. The van der Waals surface area contributed by atoms with Gasteiger partial charge in [0.15, 0.2) is 8.32 Å². The molecule has 0 radical (unpaired) electrons. The van der Waals surface area contributed by atoms with E-state index < -0.39 is 16.4 Å².